The summed E-state index contributed by atoms with van der Waals surface area (Å²) in [6, 6.07) is 7.25. The molecule has 0 aliphatic carbocycles. The maximum atomic E-state index is 10.5. The van der Waals surface area contributed by atoms with Gasteiger partial charge in [0.05, 0.1) is 0 Å². The number of carboxylic acid groups (broad SMARTS) is 1. The van der Waals surface area contributed by atoms with Gasteiger partial charge in [0.1, 0.15) is 6.04 Å². The minimum Gasteiger partial charge on any atom is -0.480 e. The largest absolute Gasteiger partial charge is 0.480 e. The van der Waals surface area contributed by atoms with Crippen molar-refractivity contribution >= 4 is 34.3 Å². The molecule has 0 fully saturated rings. The molecule has 0 saturated heterocycles. The second-order valence-electron chi connectivity index (χ2n) is 3.07. The van der Waals surface area contributed by atoms with E-state index in [1.165, 1.54) is 0 Å². The van der Waals surface area contributed by atoms with Crippen LogP contribution < -0.4 is 5.32 Å². The van der Waals surface area contributed by atoms with E-state index in [4.69, 9.17) is 5.11 Å². The first-order valence-electron chi connectivity index (χ1n) is 4.30. The third-order valence-electron chi connectivity index (χ3n) is 1.90. The van der Waals surface area contributed by atoms with Gasteiger partial charge in [-0.25, -0.2) is 0 Å². The second-order valence-corrected chi connectivity index (χ2v) is 3.98. The van der Waals surface area contributed by atoms with Crippen LogP contribution in [-0.4, -0.2) is 17.1 Å². The number of aliphatic carboxylic acids is 1. The summed E-state index contributed by atoms with van der Waals surface area (Å²) in [6.45, 7) is 2.20. The van der Waals surface area contributed by atoms with E-state index in [2.05, 4.69) is 21.2 Å². The third-order valence-corrected chi connectivity index (χ3v) is 2.42. The SMILES string of the molecule is CC(NCc1ccc(Br)cc1)C(=O)O.Cl. The first-order chi connectivity index (χ1) is 6.59. The predicted molar refractivity (Wildman–Crippen MR) is 65.3 cm³/mol. The molecule has 0 aliphatic rings. The van der Waals surface area contributed by atoms with Crippen molar-refractivity contribution in [1.82, 2.24) is 5.32 Å². The van der Waals surface area contributed by atoms with Crippen LogP contribution in [0, 0.1) is 0 Å². The van der Waals surface area contributed by atoms with Crippen LogP contribution in [0.5, 0.6) is 0 Å². The van der Waals surface area contributed by atoms with E-state index in [1.54, 1.807) is 6.92 Å². The molecule has 0 bridgehead atoms. The lowest BCUT2D eigenvalue weighted by atomic mass is 10.2. The molecule has 1 aromatic rings. The Hall–Kier alpha value is -0.580. The summed E-state index contributed by atoms with van der Waals surface area (Å²) < 4.78 is 1.02. The Morgan fingerprint density at radius 2 is 2.00 bits per heavy atom. The van der Waals surface area contributed by atoms with Crippen LogP contribution in [0.1, 0.15) is 12.5 Å². The van der Waals surface area contributed by atoms with Crippen molar-refractivity contribution in [1.29, 1.82) is 0 Å². The van der Waals surface area contributed by atoms with Crippen LogP contribution in [0.15, 0.2) is 28.7 Å². The highest BCUT2D eigenvalue weighted by atomic mass is 79.9. The Labute approximate surface area is 103 Å². The topological polar surface area (TPSA) is 49.3 Å². The van der Waals surface area contributed by atoms with Crippen molar-refractivity contribution in [3.63, 3.8) is 0 Å². The molecule has 15 heavy (non-hydrogen) atoms. The van der Waals surface area contributed by atoms with E-state index in [0.29, 0.717) is 6.54 Å². The van der Waals surface area contributed by atoms with Crippen molar-refractivity contribution in [2.75, 3.05) is 0 Å². The van der Waals surface area contributed by atoms with Crippen molar-refractivity contribution in [2.24, 2.45) is 0 Å². The molecule has 1 rings (SSSR count). The van der Waals surface area contributed by atoms with Crippen LogP contribution in [0.3, 0.4) is 0 Å². The van der Waals surface area contributed by atoms with E-state index in [-0.39, 0.29) is 12.4 Å². The molecule has 5 heteroatoms. The van der Waals surface area contributed by atoms with Crippen LogP contribution in [-0.2, 0) is 11.3 Å². The van der Waals surface area contributed by atoms with Gasteiger partial charge in [0.15, 0.2) is 0 Å². The van der Waals surface area contributed by atoms with Gasteiger partial charge in [-0.05, 0) is 24.6 Å². The monoisotopic (exact) mass is 293 g/mol. The Morgan fingerprint density at radius 1 is 1.47 bits per heavy atom. The number of hydrogen-bond acceptors (Lipinski definition) is 2. The minimum absolute atomic E-state index is 0. The molecular formula is C10H13BrClNO2. The average molecular weight is 295 g/mol. The van der Waals surface area contributed by atoms with Crippen molar-refractivity contribution in [3.8, 4) is 0 Å². The molecule has 84 valence electrons. The Kier molecular flexibility index (Phi) is 6.56. The van der Waals surface area contributed by atoms with E-state index in [1.807, 2.05) is 24.3 Å². The fraction of sp³-hybridized carbons (Fsp3) is 0.300. The van der Waals surface area contributed by atoms with Crippen molar-refractivity contribution in [2.45, 2.75) is 19.5 Å². The Morgan fingerprint density at radius 3 is 2.47 bits per heavy atom. The summed E-state index contributed by atoms with van der Waals surface area (Å²) in [6.07, 6.45) is 0. The van der Waals surface area contributed by atoms with Crippen LogP contribution in [0.2, 0.25) is 0 Å². The van der Waals surface area contributed by atoms with Gasteiger partial charge in [-0.2, -0.15) is 0 Å². The Balaban J connectivity index is 0.00000196. The summed E-state index contributed by atoms with van der Waals surface area (Å²) >= 11 is 3.33. The quantitative estimate of drug-likeness (QED) is 0.897. The zero-order valence-electron chi connectivity index (χ0n) is 8.24. The van der Waals surface area contributed by atoms with Gasteiger partial charge in [-0.1, -0.05) is 28.1 Å². The standard InChI is InChI=1S/C10H12BrNO2.ClH/c1-7(10(13)14)12-6-8-2-4-9(11)5-3-8;/h2-5,7,12H,6H2,1H3,(H,13,14);1H. The van der Waals surface area contributed by atoms with Gasteiger partial charge in [-0.15, -0.1) is 12.4 Å². The molecule has 0 aromatic heterocycles. The zero-order chi connectivity index (χ0) is 10.6. The summed E-state index contributed by atoms with van der Waals surface area (Å²) in [4.78, 5) is 10.5. The van der Waals surface area contributed by atoms with Gasteiger partial charge >= 0.3 is 5.97 Å². The molecule has 0 heterocycles. The molecule has 2 N–H and O–H groups in total. The number of benzene rings is 1. The number of rotatable bonds is 4. The van der Waals surface area contributed by atoms with Crippen molar-refractivity contribution in [3.05, 3.63) is 34.3 Å². The molecule has 1 unspecified atom stereocenters. The maximum Gasteiger partial charge on any atom is 0.320 e. The van der Waals surface area contributed by atoms with E-state index < -0.39 is 12.0 Å². The molecule has 0 radical (unpaired) electrons. The van der Waals surface area contributed by atoms with E-state index in [0.717, 1.165) is 10.0 Å². The molecule has 3 nitrogen and oxygen atoms in total. The molecule has 0 aliphatic heterocycles. The average Bonchev–Trinajstić information content (AvgIpc) is 2.16. The van der Waals surface area contributed by atoms with Gasteiger partial charge < -0.3 is 10.4 Å². The van der Waals surface area contributed by atoms with Gasteiger partial charge in [-0.3, -0.25) is 4.79 Å². The number of carbonyl (C=O) groups is 1. The highest BCUT2D eigenvalue weighted by molar-refractivity contribution is 9.10. The smallest absolute Gasteiger partial charge is 0.320 e. The lowest BCUT2D eigenvalue weighted by molar-refractivity contribution is -0.139. The lowest BCUT2D eigenvalue weighted by Gasteiger charge is -2.08. The fourth-order valence-electron chi connectivity index (χ4n) is 0.961. The predicted octanol–water partition coefficient (Wildman–Crippen LogP) is 2.43. The fourth-order valence-corrected chi connectivity index (χ4v) is 1.22. The van der Waals surface area contributed by atoms with Gasteiger partial charge in [0, 0.05) is 11.0 Å². The molecule has 0 spiro atoms. The second kappa shape index (κ2) is 6.82. The number of carboxylic acids is 1. The first kappa shape index (κ1) is 14.4. The molecule has 0 saturated carbocycles. The lowest BCUT2D eigenvalue weighted by Crippen LogP contribution is -2.33. The highest BCUT2D eigenvalue weighted by Gasteiger charge is 2.08. The molecular weight excluding hydrogens is 281 g/mol. The number of nitrogens with one attached hydrogen (secondary N) is 1. The first-order valence-corrected chi connectivity index (χ1v) is 5.09. The maximum absolute atomic E-state index is 10.5. The summed E-state index contributed by atoms with van der Waals surface area (Å²) in [5.41, 5.74) is 1.07. The van der Waals surface area contributed by atoms with E-state index >= 15 is 0 Å². The molecule has 1 aromatic carbocycles. The summed E-state index contributed by atoms with van der Waals surface area (Å²) in [7, 11) is 0. The number of hydrogen-bond donors (Lipinski definition) is 2. The zero-order valence-corrected chi connectivity index (χ0v) is 10.6. The normalized spacial score (nSPS) is 11.6. The molecule has 0 amide bonds. The Bertz CT molecular complexity index is 316. The van der Waals surface area contributed by atoms with Gasteiger partial charge in [0.2, 0.25) is 0 Å². The summed E-state index contributed by atoms with van der Waals surface area (Å²) in [5, 5.41) is 11.5. The van der Waals surface area contributed by atoms with Crippen LogP contribution >= 0.6 is 28.3 Å². The van der Waals surface area contributed by atoms with Crippen molar-refractivity contribution < 1.29 is 9.90 Å². The minimum atomic E-state index is -0.831. The summed E-state index contributed by atoms with van der Waals surface area (Å²) in [5.74, 6) is -0.831. The third kappa shape index (κ3) is 5.16. The number of halogens is 2. The van der Waals surface area contributed by atoms with Crippen LogP contribution in [0.4, 0.5) is 0 Å². The molecule has 1 atom stereocenters. The van der Waals surface area contributed by atoms with Crippen LogP contribution in [0.25, 0.3) is 0 Å². The van der Waals surface area contributed by atoms with Gasteiger partial charge in [0.25, 0.3) is 0 Å². The van der Waals surface area contributed by atoms with E-state index in [9.17, 15) is 4.79 Å². The highest BCUT2D eigenvalue weighted by Crippen LogP contribution is 2.10.